The van der Waals surface area contributed by atoms with Crippen molar-refractivity contribution in [1.29, 1.82) is 0 Å². The molecule has 0 spiro atoms. The predicted octanol–water partition coefficient (Wildman–Crippen LogP) is 4.03. The lowest BCUT2D eigenvalue weighted by Crippen LogP contribution is -2.42. The second-order valence-corrected chi connectivity index (χ2v) is 7.62. The Hall–Kier alpha value is -3.28. The molecule has 0 aliphatic carbocycles. The molecule has 6 heteroatoms. The van der Waals surface area contributed by atoms with Crippen molar-refractivity contribution in [1.82, 2.24) is 0 Å². The molecule has 0 saturated carbocycles. The van der Waals surface area contributed by atoms with Gasteiger partial charge in [0.2, 0.25) is 5.91 Å². The van der Waals surface area contributed by atoms with E-state index in [0.717, 1.165) is 0 Å². The Morgan fingerprint density at radius 1 is 1.31 bits per heavy atom. The molecule has 29 heavy (non-hydrogen) atoms. The molecule has 1 aliphatic rings. The minimum atomic E-state index is -0.683. The zero-order chi connectivity index (χ0) is 21.0. The van der Waals surface area contributed by atoms with Crippen LogP contribution in [0.25, 0.3) is 0 Å². The van der Waals surface area contributed by atoms with Crippen LogP contribution in [0.15, 0.2) is 61.2 Å². The standard InChI is InChI=1S/C23H26N2O4/c1-5-13-25-19-14-17(11-12-20(19)28-15-23(3,4)22(25)27)24-21(26)16(2)29-18-9-7-6-8-10-18/h5-12,14,16H,1,13,15H2,2-4H3,(H,24,26). The van der Waals surface area contributed by atoms with Crippen LogP contribution in [0.3, 0.4) is 0 Å². The van der Waals surface area contributed by atoms with E-state index in [9.17, 15) is 9.59 Å². The maximum atomic E-state index is 13.0. The van der Waals surface area contributed by atoms with E-state index in [-0.39, 0.29) is 18.4 Å². The van der Waals surface area contributed by atoms with Gasteiger partial charge >= 0.3 is 0 Å². The van der Waals surface area contributed by atoms with Gasteiger partial charge in [-0.3, -0.25) is 9.59 Å². The van der Waals surface area contributed by atoms with E-state index >= 15 is 0 Å². The first-order chi connectivity index (χ1) is 13.8. The van der Waals surface area contributed by atoms with Crippen molar-refractivity contribution in [3.8, 4) is 11.5 Å². The molecule has 2 amide bonds. The van der Waals surface area contributed by atoms with E-state index in [2.05, 4.69) is 11.9 Å². The Morgan fingerprint density at radius 3 is 2.72 bits per heavy atom. The van der Waals surface area contributed by atoms with E-state index in [0.29, 0.717) is 29.4 Å². The molecule has 3 rings (SSSR count). The molecule has 1 atom stereocenters. The van der Waals surface area contributed by atoms with Crippen molar-refractivity contribution in [3.05, 3.63) is 61.2 Å². The fourth-order valence-electron chi connectivity index (χ4n) is 3.03. The zero-order valence-corrected chi connectivity index (χ0v) is 17.0. The Balaban J connectivity index is 1.80. The summed E-state index contributed by atoms with van der Waals surface area (Å²) in [5, 5.41) is 2.85. The summed E-state index contributed by atoms with van der Waals surface area (Å²) in [6.07, 6.45) is 0.988. The van der Waals surface area contributed by atoms with Crippen LogP contribution in [0, 0.1) is 5.41 Å². The van der Waals surface area contributed by atoms with E-state index in [4.69, 9.17) is 9.47 Å². The highest BCUT2D eigenvalue weighted by atomic mass is 16.5. The summed E-state index contributed by atoms with van der Waals surface area (Å²) < 4.78 is 11.5. The summed E-state index contributed by atoms with van der Waals surface area (Å²) in [7, 11) is 0. The maximum absolute atomic E-state index is 13.0. The van der Waals surface area contributed by atoms with Gasteiger partial charge in [-0.05, 0) is 51.1 Å². The summed E-state index contributed by atoms with van der Waals surface area (Å²) in [6, 6.07) is 14.4. The Bertz CT molecular complexity index is 908. The smallest absolute Gasteiger partial charge is 0.265 e. The van der Waals surface area contributed by atoms with Gasteiger partial charge in [0, 0.05) is 12.2 Å². The van der Waals surface area contributed by atoms with Gasteiger partial charge in [-0.2, -0.15) is 0 Å². The number of rotatable bonds is 6. The van der Waals surface area contributed by atoms with E-state index < -0.39 is 11.5 Å². The van der Waals surface area contributed by atoms with Crippen LogP contribution < -0.4 is 19.7 Å². The highest BCUT2D eigenvalue weighted by molar-refractivity contribution is 6.01. The minimum absolute atomic E-state index is 0.0552. The van der Waals surface area contributed by atoms with E-state index in [1.54, 1.807) is 48.2 Å². The number of nitrogens with zero attached hydrogens (tertiary/aromatic N) is 1. The van der Waals surface area contributed by atoms with Gasteiger partial charge in [-0.25, -0.2) is 0 Å². The van der Waals surface area contributed by atoms with Crippen molar-refractivity contribution in [2.45, 2.75) is 26.9 Å². The highest BCUT2D eigenvalue weighted by Crippen LogP contribution is 2.38. The third-order valence-corrected chi connectivity index (χ3v) is 4.67. The maximum Gasteiger partial charge on any atom is 0.265 e. The normalized spacial score (nSPS) is 16.1. The summed E-state index contributed by atoms with van der Waals surface area (Å²) in [5.74, 6) is 0.874. The number of nitrogens with one attached hydrogen (secondary N) is 1. The lowest BCUT2D eigenvalue weighted by Gasteiger charge is -2.27. The van der Waals surface area contributed by atoms with Crippen molar-refractivity contribution in [2.75, 3.05) is 23.4 Å². The summed E-state index contributed by atoms with van der Waals surface area (Å²) in [6.45, 7) is 9.77. The van der Waals surface area contributed by atoms with Crippen LogP contribution in [-0.2, 0) is 9.59 Å². The van der Waals surface area contributed by atoms with Crippen LogP contribution in [0.5, 0.6) is 11.5 Å². The topological polar surface area (TPSA) is 67.9 Å². The fourth-order valence-corrected chi connectivity index (χ4v) is 3.03. The number of fused-ring (bicyclic) bond motifs is 1. The molecule has 1 aliphatic heterocycles. The largest absolute Gasteiger partial charge is 0.490 e. The lowest BCUT2D eigenvalue weighted by atomic mass is 9.93. The highest BCUT2D eigenvalue weighted by Gasteiger charge is 2.37. The second-order valence-electron chi connectivity index (χ2n) is 7.62. The van der Waals surface area contributed by atoms with Gasteiger partial charge in [-0.1, -0.05) is 24.3 Å². The van der Waals surface area contributed by atoms with Crippen LogP contribution in [-0.4, -0.2) is 31.1 Å². The molecular weight excluding hydrogens is 368 g/mol. The van der Waals surface area contributed by atoms with Crippen molar-refractivity contribution in [3.63, 3.8) is 0 Å². The molecule has 6 nitrogen and oxygen atoms in total. The van der Waals surface area contributed by atoms with Gasteiger partial charge in [0.25, 0.3) is 5.91 Å². The van der Waals surface area contributed by atoms with Crippen LogP contribution in [0.1, 0.15) is 20.8 Å². The van der Waals surface area contributed by atoms with Crippen molar-refractivity contribution < 1.29 is 19.1 Å². The summed E-state index contributed by atoms with van der Waals surface area (Å²) >= 11 is 0. The Kier molecular flexibility index (Phi) is 5.92. The molecule has 1 heterocycles. The Morgan fingerprint density at radius 2 is 2.03 bits per heavy atom. The summed E-state index contributed by atoms with van der Waals surface area (Å²) in [5.41, 5.74) is 0.501. The zero-order valence-electron chi connectivity index (χ0n) is 17.0. The first-order valence-corrected chi connectivity index (χ1v) is 9.54. The number of hydrogen-bond donors (Lipinski definition) is 1. The van der Waals surface area contributed by atoms with Gasteiger partial charge < -0.3 is 19.7 Å². The number of hydrogen-bond acceptors (Lipinski definition) is 4. The molecule has 0 bridgehead atoms. The summed E-state index contributed by atoms with van der Waals surface area (Å²) in [4.78, 5) is 27.2. The molecular formula is C23H26N2O4. The SMILES string of the molecule is C=CCN1C(=O)C(C)(C)COc2ccc(NC(=O)C(C)Oc3ccccc3)cc21. The van der Waals surface area contributed by atoms with Crippen LogP contribution >= 0.6 is 0 Å². The van der Waals surface area contributed by atoms with Gasteiger partial charge in [0.05, 0.1) is 11.1 Å². The molecule has 0 saturated heterocycles. The first kappa shape index (κ1) is 20.5. The van der Waals surface area contributed by atoms with Gasteiger partial charge in [0.1, 0.15) is 18.1 Å². The van der Waals surface area contributed by atoms with E-state index in [1.807, 2.05) is 32.0 Å². The van der Waals surface area contributed by atoms with Crippen molar-refractivity contribution in [2.24, 2.45) is 5.41 Å². The fraction of sp³-hybridized carbons (Fsp3) is 0.304. The average Bonchev–Trinajstić information content (AvgIpc) is 2.79. The Labute approximate surface area is 171 Å². The number of para-hydroxylation sites is 1. The molecule has 1 unspecified atom stereocenters. The first-order valence-electron chi connectivity index (χ1n) is 9.54. The van der Waals surface area contributed by atoms with Crippen LogP contribution in [0.2, 0.25) is 0 Å². The van der Waals surface area contributed by atoms with Gasteiger partial charge in [0.15, 0.2) is 6.10 Å². The lowest BCUT2D eigenvalue weighted by molar-refractivity contribution is -0.127. The number of carbonyl (C=O) groups is 2. The third-order valence-electron chi connectivity index (χ3n) is 4.67. The van der Waals surface area contributed by atoms with E-state index in [1.165, 1.54) is 0 Å². The number of carbonyl (C=O) groups excluding carboxylic acids is 2. The molecule has 152 valence electrons. The minimum Gasteiger partial charge on any atom is -0.490 e. The second kappa shape index (κ2) is 8.39. The molecule has 0 fully saturated rings. The monoisotopic (exact) mass is 394 g/mol. The predicted molar refractivity (Wildman–Crippen MR) is 113 cm³/mol. The number of amides is 2. The molecule has 2 aromatic carbocycles. The quantitative estimate of drug-likeness (QED) is 0.751. The molecule has 0 radical (unpaired) electrons. The average molecular weight is 394 g/mol. The number of anilines is 2. The van der Waals surface area contributed by atoms with Crippen LogP contribution in [0.4, 0.5) is 11.4 Å². The number of benzene rings is 2. The number of ether oxygens (including phenoxy) is 2. The molecule has 2 aromatic rings. The van der Waals surface area contributed by atoms with Crippen molar-refractivity contribution >= 4 is 23.2 Å². The molecule has 0 aromatic heterocycles. The molecule has 1 N–H and O–H groups in total. The van der Waals surface area contributed by atoms with Gasteiger partial charge in [-0.15, -0.1) is 6.58 Å². The third kappa shape index (κ3) is 4.59.